The minimum atomic E-state index is -0.360. The fourth-order valence-electron chi connectivity index (χ4n) is 2.83. The van der Waals surface area contributed by atoms with Crippen molar-refractivity contribution in [2.75, 3.05) is 27.9 Å². The summed E-state index contributed by atoms with van der Waals surface area (Å²) in [6, 6.07) is 10.4. The maximum absolute atomic E-state index is 12.5. The Kier molecular flexibility index (Phi) is 4.88. The standard InChI is InChI=1S/C19H18N2O5/c1-24-16-8-12(9-17(25-2)18(16)26-3)19(23)20-11-21-10-15(22)13-6-4-5-7-14(13)21/h4-9,11H,10H2,1-3H3/p+1. The molecule has 0 unspecified atom stereocenters. The molecule has 1 aliphatic heterocycles. The number of ether oxygens (including phenoxy) is 3. The molecule has 0 aliphatic carbocycles. The Morgan fingerprint density at radius 1 is 1.08 bits per heavy atom. The molecule has 0 spiro atoms. The van der Waals surface area contributed by atoms with Gasteiger partial charge in [-0.05, 0) is 24.3 Å². The predicted molar refractivity (Wildman–Crippen MR) is 95.2 cm³/mol. The molecule has 1 amide bonds. The van der Waals surface area contributed by atoms with Crippen molar-refractivity contribution in [1.82, 2.24) is 5.32 Å². The first-order chi connectivity index (χ1) is 12.6. The van der Waals surface area contributed by atoms with Gasteiger partial charge in [-0.15, -0.1) is 0 Å². The summed E-state index contributed by atoms with van der Waals surface area (Å²) in [5, 5.41) is 2.70. The van der Waals surface area contributed by atoms with E-state index < -0.39 is 0 Å². The highest BCUT2D eigenvalue weighted by Gasteiger charge is 2.27. The first kappa shape index (κ1) is 17.5. The van der Waals surface area contributed by atoms with Gasteiger partial charge in [-0.2, -0.15) is 0 Å². The number of amides is 1. The largest absolute Gasteiger partial charge is 0.493 e. The van der Waals surface area contributed by atoms with Crippen LogP contribution >= 0.6 is 0 Å². The minimum absolute atomic E-state index is 0.0129. The second-order valence-electron chi connectivity index (χ2n) is 5.58. The van der Waals surface area contributed by atoms with Crippen LogP contribution in [0.1, 0.15) is 20.7 Å². The van der Waals surface area contributed by atoms with Gasteiger partial charge in [-0.25, -0.2) is 14.7 Å². The van der Waals surface area contributed by atoms with E-state index in [0.717, 1.165) is 5.69 Å². The van der Waals surface area contributed by atoms with Gasteiger partial charge in [0.25, 0.3) is 0 Å². The van der Waals surface area contributed by atoms with Gasteiger partial charge >= 0.3 is 5.91 Å². The molecule has 3 rings (SSSR count). The number of methoxy groups -OCH3 is 3. The zero-order chi connectivity index (χ0) is 18.7. The monoisotopic (exact) mass is 355 g/mol. The van der Waals surface area contributed by atoms with Crippen LogP contribution in [0.15, 0.2) is 36.4 Å². The molecule has 1 N–H and O–H groups in total. The number of fused-ring (bicyclic) bond motifs is 1. The number of hydrogen-bond acceptors (Lipinski definition) is 5. The van der Waals surface area contributed by atoms with E-state index in [4.69, 9.17) is 14.2 Å². The summed E-state index contributed by atoms with van der Waals surface area (Å²) in [5.74, 6) is 0.840. The highest BCUT2D eigenvalue weighted by Crippen LogP contribution is 2.38. The molecule has 0 radical (unpaired) electrons. The smallest absolute Gasteiger partial charge is 0.338 e. The molecule has 0 atom stereocenters. The van der Waals surface area contributed by atoms with E-state index in [2.05, 4.69) is 5.32 Å². The SMILES string of the molecule is COc1cc(C(=O)NC=[N+]2CC(=O)c3ccccc32)cc(OC)c1OC. The van der Waals surface area contributed by atoms with Gasteiger partial charge in [0.05, 0.1) is 32.5 Å². The maximum Gasteiger partial charge on any atom is 0.338 e. The van der Waals surface area contributed by atoms with Crippen molar-refractivity contribution in [2.45, 2.75) is 0 Å². The van der Waals surface area contributed by atoms with E-state index in [1.165, 1.54) is 27.7 Å². The number of nitrogens with zero attached hydrogens (tertiary/aromatic N) is 1. The van der Waals surface area contributed by atoms with E-state index in [1.54, 1.807) is 22.8 Å². The summed E-state index contributed by atoms with van der Waals surface area (Å²) < 4.78 is 17.5. The first-order valence-electron chi connectivity index (χ1n) is 7.92. The molecule has 1 heterocycles. The van der Waals surface area contributed by atoms with Gasteiger partial charge < -0.3 is 14.2 Å². The van der Waals surface area contributed by atoms with Crippen molar-refractivity contribution in [2.24, 2.45) is 0 Å². The lowest BCUT2D eigenvalue weighted by Crippen LogP contribution is -2.26. The molecule has 0 bridgehead atoms. The molecule has 26 heavy (non-hydrogen) atoms. The molecule has 134 valence electrons. The topological polar surface area (TPSA) is 76.9 Å². The second-order valence-corrected chi connectivity index (χ2v) is 5.58. The normalized spacial score (nSPS) is 14.1. The second kappa shape index (κ2) is 7.26. The summed E-state index contributed by atoms with van der Waals surface area (Å²) in [6.45, 7) is 0.189. The molecule has 0 aromatic heterocycles. The van der Waals surface area contributed by atoms with E-state index in [9.17, 15) is 9.59 Å². The molecule has 7 nitrogen and oxygen atoms in total. The highest BCUT2D eigenvalue weighted by atomic mass is 16.5. The Labute approximate surface area is 150 Å². The van der Waals surface area contributed by atoms with Gasteiger partial charge in [0.1, 0.15) is 5.69 Å². The van der Waals surface area contributed by atoms with Crippen LogP contribution in [0, 0.1) is 0 Å². The fourth-order valence-corrected chi connectivity index (χ4v) is 2.83. The van der Waals surface area contributed by atoms with E-state index in [1.807, 2.05) is 18.2 Å². The zero-order valence-corrected chi connectivity index (χ0v) is 14.7. The summed E-state index contributed by atoms with van der Waals surface area (Å²) in [5.41, 5.74) is 1.75. The van der Waals surface area contributed by atoms with Crippen molar-refractivity contribution in [3.8, 4) is 17.2 Å². The lowest BCUT2D eigenvalue weighted by molar-refractivity contribution is -0.415. The molecule has 0 saturated heterocycles. The van der Waals surface area contributed by atoms with Gasteiger partial charge in [0, 0.05) is 0 Å². The Bertz CT molecular complexity index is 880. The quantitative estimate of drug-likeness (QED) is 0.656. The van der Waals surface area contributed by atoms with Crippen molar-refractivity contribution >= 4 is 23.7 Å². The average molecular weight is 355 g/mol. The number of benzene rings is 2. The molecule has 7 heteroatoms. The molecule has 1 aliphatic rings. The number of nitrogens with one attached hydrogen (secondary N) is 1. The highest BCUT2D eigenvalue weighted by molar-refractivity contribution is 6.04. The summed E-state index contributed by atoms with van der Waals surface area (Å²) in [6.07, 6.45) is 1.50. The number of ketones is 1. The third-order valence-corrected chi connectivity index (χ3v) is 4.11. The molecular weight excluding hydrogens is 336 g/mol. The van der Waals surface area contributed by atoms with Crippen LogP contribution in [0.4, 0.5) is 5.69 Å². The van der Waals surface area contributed by atoms with Gasteiger partial charge in [-0.3, -0.25) is 4.79 Å². The van der Waals surface area contributed by atoms with E-state index in [-0.39, 0.29) is 18.2 Å². The third kappa shape index (κ3) is 3.11. The van der Waals surface area contributed by atoms with Crippen molar-refractivity contribution in [1.29, 1.82) is 0 Å². The fraction of sp³-hybridized carbons (Fsp3) is 0.211. The van der Waals surface area contributed by atoms with Crippen LogP contribution < -0.4 is 19.5 Å². The van der Waals surface area contributed by atoms with E-state index in [0.29, 0.717) is 28.4 Å². The van der Waals surface area contributed by atoms with Crippen molar-refractivity contribution in [3.05, 3.63) is 47.5 Å². The summed E-state index contributed by atoms with van der Waals surface area (Å²) in [4.78, 5) is 24.5. The zero-order valence-electron chi connectivity index (χ0n) is 14.7. The molecule has 0 fully saturated rings. The molecule has 2 aromatic rings. The minimum Gasteiger partial charge on any atom is -0.493 e. The number of para-hydroxylation sites is 1. The molecule has 0 saturated carbocycles. The van der Waals surface area contributed by atoms with Crippen LogP contribution in [0.25, 0.3) is 0 Å². The summed E-state index contributed by atoms with van der Waals surface area (Å²) >= 11 is 0. The average Bonchev–Trinajstić information content (AvgIpc) is 3.00. The maximum atomic E-state index is 12.5. The number of carbonyl (C=O) groups is 2. The first-order valence-corrected chi connectivity index (χ1v) is 7.92. The summed E-state index contributed by atoms with van der Waals surface area (Å²) in [7, 11) is 4.46. The van der Waals surface area contributed by atoms with Crippen LogP contribution in [-0.2, 0) is 0 Å². The van der Waals surface area contributed by atoms with Gasteiger partial charge in [-0.1, -0.05) is 12.1 Å². The van der Waals surface area contributed by atoms with Crippen molar-refractivity contribution in [3.63, 3.8) is 0 Å². The Hall–Kier alpha value is -3.35. The van der Waals surface area contributed by atoms with E-state index >= 15 is 0 Å². The Balaban J connectivity index is 1.87. The number of carbonyl (C=O) groups excluding carboxylic acids is 2. The van der Waals surface area contributed by atoms with Crippen LogP contribution in [0.3, 0.4) is 0 Å². The number of Topliss-reactive ketones (excluding diaryl/α,β-unsaturated/α-hetero) is 1. The lowest BCUT2D eigenvalue weighted by Gasteiger charge is -2.12. The number of hydrogen-bond donors (Lipinski definition) is 1. The van der Waals surface area contributed by atoms with Gasteiger partial charge in [0.15, 0.2) is 18.0 Å². The van der Waals surface area contributed by atoms with Gasteiger partial charge in [0.2, 0.25) is 17.9 Å². The van der Waals surface area contributed by atoms with Crippen LogP contribution in [-0.4, -0.2) is 50.5 Å². The lowest BCUT2D eigenvalue weighted by atomic mass is 10.1. The Morgan fingerprint density at radius 2 is 1.73 bits per heavy atom. The third-order valence-electron chi connectivity index (χ3n) is 4.11. The Morgan fingerprint density at radius 3 is 2.35 bits per heavy atom. The van der Waals surface area contributed by atoms with Crippen LogP contribution in [0.5, 0.6) is 17.2 Å². The molecular formula is C19H19N2O5+. The number of rotatable bonds is 5. The van der Waals surface area contributed by atoms with Crippen LogP contribution in [0.2, 0.25) is 0 Å². The predicted octanol–water partition coefficient (Wildman–Crippen LogP) is 2.01. The molecule has 2 aromatic carbocycles. The van der Waals surface area contributed by atoms with Crippen molar-refractivity contribution < 1.29 is 28.4 Å².